The Morgan fingerprint density at radius 1 is 1.08 bits per heavy atom. The predicted octanol–water partition coefficient (Wildman–Crippen LogP) is 3.68. The molecule has 1 heterocycles. The van der Waals surface area contributed by atoms with E-state index in [0.717, 1.165) is 30.0 Å². The summed E-state index contributed by atoms with van der Waals surface area (Å²) in [5.74, 6) is 1.97. The lowest BCUT2D eigenvalue weighted by Gasteiger charge is -2.30. The van der Waals surface area contributed by atoms with Crippen molar-refractivity contribution in [2.24, 2.45) is 11.3 Å². The Kier molecular flexibility index (Phi) is 4.15. The summed E-state index contributed by atoms with van der Waals surface area (Å²) in [6.45, 7) is 2.96. The van der Waals surface area contributed by atoms with Gasteiger partial charge < -0.3 is 15.0 Å². The van der Waals surface area contributed by atoms with E-state index < -0.39 is 0 Å². The molecular formula is C21H22N2O3. The normalized spacial score (nSPS) is 23.7. The molecule has 0 aromatic heterocycles. The van der Waals surface area contributed by atoms with Gasteiger partial charge in [-0.3, -0.25) is 9.59 Å². The molecule has 1 N–H and O–H groups in total. The van der Waals surface area contributed by atoms with Gasteiger partial charge in [0.05, 0.1) is 5.41 Å². The second kappa shape index (κ2) is 6.48. The van der Waals surface area contributed by atoms with Crippen molar-refractivity contribution < 1.29 is 14.3 Å². The van der Waals surface area contributed by atoms with Crippen molar-refractivity contribution >= 4 is 17.5 Å². The van der Waals surface area contributed by atoms with Crippen molar-refractivity contribution in [2.75, 3.05) is 18.4 Å². The van der Waals surface area contributed by atoms with Crippen LogP contribution in [-0.4, -0.2) is 29.8 Å². The number of likely N-dealkylation sites (tertiary alicyclic amines) is 1. The van der Waals surface area contributed by atoms with Crippen LogP contribution in [0.4, 0.5) is 5.69 Å². The van der Waals surface area contributed by atoms with E-state index in [-0.39, 0.29) is 17.2 Å². The SMILES string of the molecule is CC(=O)N1CC[C@]2(C(=O)Nc3ccc(Oc4ccccc4)cc3)C[C@H]2C1. The molecule has 2 fully saturated rings. The lowest BCUT2D eigenvalue weighted by Crippen LogP contribution is -2.41. The number of carbonyl (C=O) groups is 2. The Morgan fingerprint density at radius 3 is 2.42 bits per heavy atom. The monoisotopic (exact) mass is 350 g/mol. The van der Waals surface area contributed by atoms with Crippen LogP contribution in [0, 0.1) is 11.3 Å². The third-order valence-electron chi connectivity index (χ3n) is 5.49. The number of nitrogens with one attached hydrogen (secondary N) is 1. The van der Waals surface area contributed by atoms with Gasteiger partial charge in [0, 0.05) is 25.7 Å². The van der Waals surface area contributed by atoms with Gasteiger partial charge in [-0.25, -0.2) is 0 Å². The van der Waals surface area contributed by atoms with Crippen LogP contribution in [0.25, 0.3) is 0 Å². The van der Waals surface area contributed by atoms with Crippen molar-refractivity contribution in [3.8, 4) is 11.5 Å². The number of carbonyl (C=O) groups excluding carboxylic acids is 2. The van der Waals surface area contributed by atoms with Crippen LogP contribution in [0.5, 0.6) is 11.5 Å². The number of hydrogen-bond donors (Lipinski definition) is 1. The minimum atomic E-state index is -0.287. The minimum absolute atomic E-state index is 0.0717. The summed E-state index contributed by atoms with van der Waals surface area (Å²) in [6, 6.07) is 17.0. The number of fused-ring (bicyclic) bond motifs is 1. The van der Waals surface area contributed by atoms with Crippen LogP contribution in [0.3, 0.4) is 0 Å². The van der Waals surface area contributed by atoms with E-state index in [1.54, 1.807) is 6.92 Å². The molecule has 0 bridgehead atoms. The van der Waals surface area contributed by atoms with Crippen LogP contribution >= 0.6 is 0 Å². The number of anilines is 1. The number of hydrogen-bond acceptors (Lipinski definition) is 3. The summed E-state index contributed by atoms with van der Waals surface area (Å²) in [5.41, 5.74) is 0.481. The number of nitrogens with zero attached hydrogens (tertiary/aromatic N) is 1. The quantitative estimate of drug-likeness (QED) is 0.915. The summed E-state index contributed by atoms with van der Waals surface area (Å²) < 4.78 is 5.77. The fraction of sp³-hybridized carbons (Fsp3) is 0.333. The van der Waals surface area contributed by atoms with Gasteiger partial charge in [0.15, 0.2) is 0 Å². The zero-order valence-corrected chi connectivity index (χ0v) is 14.8. The van der Waals surface area contributed by atoms with Crippen molar-refractivity contribution in [2.45, 2.75) is 19.8 Å². The van der Waals surface area contributed by atoms with Gasteiger partial charge in [0.1, 0.15) is 11.5 Å². The molecule has 2 amide bonds. The van der Waals surface area contributed by atoms with Crippen molar-refractivity contribution in [3.63, 3.8) is 0 Å². The highest BCUT2D eigenvalue weighted by molar-refractivity contribution is 5.98. The van der Waals surface area contributed by atoms with Crippen molar-refractivity contribution in [1.82, 2.24) is 4.90 Å². The molecule has 0 radical (unpaired) electrons. The summed E-state index contributed by atoms with van der Waals surface area (Å²) in [6.07, 6.45) is 1.62. The third-order valence-corrected chi connectivity index (χ3v) is 5.49. The summed E-state index contributed by atoms with van der Waals surface area (Å²) in [4.78, 5) is 26.1. The number of para-hydroxylation sites is 1. The zero-order valence-electron chi connectivity index (χ0n) is 14.8. The van der Waals surface area contributed by atoms with E-state index in [1.807, 2.05) is 59.5 Å². The van der Waals surface area contributed by atoms with E-state index in [9.17, 15) is 9.59 Å². The van der Waals surface area contributed by atoms with Crippen LogP contribution in [-0.2, 0) is 9.59 Å². The van der Waals surface area contributed by atoms with Crippen LogP contribution < -0.4 is 10.1 Å². The highest BCUT2D eigenvalue weighted by atomic mass is 16.5. The molecule has 134 valence electrons. The second-order valence-corrected chi connectivity index (χ2v) is 7.17. The van der Waals surface area contributed by atoms with Crippen molar-refractivity contribution in [3.05, 3.63) is 54.6 Å². The molecule has 2 aliphatic rings. The molecule has 2 aromatic carbocycles. The maximum atomic E-state index is 12.7. The Morgan fingerprint density at radius 2 is 1.77 bits per heavy atom. The molecule has 2 atom stereocenters. The van der Waals surface area contributed by atoms with E-state index in [1.165, 1.54) is 0 Å². The standard InChI is InChI=1S/C21H22N2O3/c1-15(24)23-12-11-21(13-16(21)14-23)20(25)22-17-7-9-19(10-8-17)26-18-5-3-2-4-6-18/h2-10,16H,11-14H2,1H3,(H,22,25)/t16-,21-/m0/s1. The van der Waals surface area contributed by atoms with Crippen molar-refractivity contribution in [1.29, 1.82) is 0 Å². The molecule has 0 spiro atoms. The zero-order chi connectivity index (χ0) is 18.1. The Labute approximate surface area is 153 Å². The molecule has 2 aromatic rings. The smallest absolute Gasteiger partial charge is 0.231 e. The average molecular weight is 350 g/mol. The third kappa shape index (κ3) is 3.17. The second-order valence-electron chi connectivity index (χ2n) is 7.17. The van der Waals surface area contributed by atoms with Crippen LogP contribution in [0.15, 0.2) is 54.6 Å². The molecule has 1 saturated heterocycles. The maximum Gasteiger partial charge on any atom is 0.231 e. The summed E-state index contributed by atoms with van der Waals surface area (Å²) >= 11 is 0. The first-order valence-corrected chi connectivity index (χ1v) is 8.97. The highest BCUT2D eigenvalue weighted by Crippen LogP contribution is 2.58. The van der Waals surface area contributed by atoms with Gasteiger partial charge in [-0.1, -0.05) is 18.2 Å². The molecule has 0 unspecified atom stereocenters. The fourth-order valence-electron chi connectivity index (χ4n) is 3.78. The lowest BCUT2D eigenvalue weighted by molar-refractivity contribution is -0.132. The molecule has 5 heteroatoms. The largest absolute Gasteiger partial charge is 0.457 e. The van der Waals surface area contributed by atoms with Crippen LogP contribution in [0.1, 0.15) is 19.8 Å². The molecule has 5 nitrogen and oxygen atoms in total. The minimum Gasteiger partial charge on any atom is -0.457 e. The van der Waals surface area contributed by atoms with Gasteiger partial charge in [0.2, 0.25) is 11.8 Å². The molecule has 1 aliphatic heterocycles. The number of ether oxygens (including phenoxy) is 1. The Hall–Kier alpha value is -2.82. The molecule has 4 rings (SSSR count). The first-order chi connectivity index (χ1) is 12.6. The Bertz CT molecular complexity index is 819. The van der Waals surface area contributed by atoms with E-state index in [0.29, 0.717) is 19.0 Å². The summed E-state index contributed by atoms with van der Waals surface area (Å²) in [7, 11) is 0. The Balaban J connectivity index is 1.36. The number of piperidine rings is 1. The first-order valence-electron chi connectivity index (χ1n) is 8.97. The van der Waals surface area contributed by atoms with Gasteiger partial charge in [-0.15, -0.1) is 0 Å². The average Bonchev–Trinajstić information content (AvgIpc) is 3.39. The van der Waals surface area contributed by atoms with E-state index in [4.69, 9.17) is 4.74 Å². The van der Waals surface area contributed by atoms with E-state index in [2.05, 4.69) is 5.32 Å². The van der Waals surface area contributed by atoms with Gasteiger partial charge in [-0.05, 0) is 55.2 Å². The molecule has 1 saturated carbocycles. The molecule has 1 aliphatic carbocycles. The number of amides is 2. The lowest BCUT2D eigenvalue weighted by atomic mass is 9.94. The van der Waals surface area contributed by atoms with Gasteiger partial charge in [-0.2, -0.15) is 0 Å². The fourth-order valence-corrected chi connectivity index (χ4v) is 3.78. The van der Waals surface area contributed by atoms with Crippen LogP contribution in [0.2, 0.25) is 0 Å². The molecular weight excluding hydrogens is 328 g/mol. The topological polar surface area (TPSA) is 58.6 Å². The van der Waals surface area contributed by atoms with Gasteiger partial charge >= 0.3 is 0 Å². The number of benzene rings is 2. The highest BCUT2D eigenvalue weighted by Gasteiger charge is 2.61. The van der Waals surface area contributed by atoms with Gasteiger partial charge in [0.25, 0.3) is 0 Å². The predicted molar refractivity (Wildman–Crippen MR) is 99.0 cm³/mol. The molecule has 26 heavy (non-hydrogen) atoms. The van der Waals surface area contributed by atoms with E-state index >= 15 is 0 Å². The first kappa shape index (κ1) is 16.6. The number of rotatable bonds is 4. The maximum absolute atomic E-state index is 12.7. The summed E-state index contributed by atoms with van der Waals surface area (Å²) in [5, 5.41) is 3.03.